The fourth-order valence-electron chi connectivity index (χ4n) is 3.11. The van der Waals surface area contributed by atoms with Gasteiger partial charge in [-0.3, -0.25) is 0 Å². The van der Waals surface area contributed by atoms with Gasteiger partial charge in [-0.1, -0.05) is 20.8 Å². The Labute approximate surface area is 115 Å². The maximum absolute atomic E-state index is 12.2. The molecule has 0 aromatic rings. The number of rotatable bonds is 6. The fraction of sp³-hybridized carbons (Fsp3) is 1.00. The van der Waals surface area contributed by atoms with E-state index in [0.29, 0.717) is 17.8 Å². The van der Waals surface area contributed by atoms with Crippen molar-refractivity contribution in [1.82, 2.24) is 5.32 Å². The van der Waals surface area contributed by atoms with E-state index in [0.717, 1.165) is 19.4 Å². The van der Waals surface area contributed by atoms with Crippen molar-refractivity contribution < 1.29 is 13.2 Å². The average Bonchev–Trinajstić information content (AvgIpc) is 2.26. The first-order chi connectivity index (χ1) is 8.73. The Kier molecular flexibility index (Phi) is 6.15. The molecule has 1 atom stereocenters. The summed E-state index contributed by atoms with van der Waals surface area (Å²) in [6.07, 6.45) is 0.933. The van der Waals surface area contributed by atoms with E-state index in [2.05, 4.69) is 19.2 Å². The molecule has 19 heavy (non-hydrogen) atoms. The summed E-state index contributed by atoms with van der Waals surface area (Å²) in [4.78, 5) is 0. The third-order valence-electron chi connectivity index (χ3n) is 4.39. The Morgan fingerprint density at radius 1 is 1.21 bits per heavy atom. The first kappa shape index (κ1) is 16.8. The van der Waals surface area contributed by atoms with Crippen LogP contribution in [0.4, 0.5) is 13.2 Å². The van der Waals surface area contributed by atoms with E-state index in [9.17, 15) is 13.2 Å². The highest BCUT2D eigenvalue weighted by Crippen LogP contribution is 2.40. The van der Waals surface area contributed by atoms with Gasteiger partial charge in [-0.15, -0.1) is 0 Å². The van der Waals surface area contributed by atoms with Crippen molar-refractivity contribution in [2.24, 2.45) is 11.3 Å². The fourth-order valence-corrected chi connectivity index (χ4v) is 3.11. The minimum Gasteiger partial charge on any atom is -0.314 e. The monoisotopic (exact) mass is 279 g/mol. The average molecular weight is 279 g/mol. The summed E-state index contributed by atoms with van der Waals surface area (Å²) in [7, 11) is 0. The van der Waals surface area contributed by atoms with Crippen LogP contribution in [0.2, 0.25) is 0 Å². The van der Waals surface area contributed by atoms with E-state index in [1.165, 1.54) is 12.8 Å². The number of nitrogens with one attached hydrogen (secondary N) is 1. The molecule has 1 nitrogen and oxygen atoms in total. The van der Waals surface area contributed by atoms with Crippen LogP contribution in [-0.4, -0.2) is 18.8 Å². The largest absolute Gasteiger partial charge is 0.389 e. The van der Waals surface area contributed by atoms with Crippen molar-refractivity contribution in [1.29, 1.82) is 0 Å². The molecule has 1 rings (SSSR count). The molecule has 1 fully saturated rings. The van der Waals surface area contributed by atoms with Crippen LogP contribution in [0.3, 0.4) is 0 Å². The van der Waals surface area contributed by atoms with Crippen LogP contribution in [0.1, 0.15) is 65.7 Å². The molecule has 0 heterocycles. The molecule has 0 aromatic carbocycles. The number of halogens is 3. The SMILES string of the molecule is CCNC(CCCC(F)(F)F)C1CCC(C)(C)CC1. The lowest BCUT2D eigenvalue weighted by atomic mass is 9.70. The number of alkyl halides is 3. The van der Waals surface area contributed by atoms with Crippen molar-refractivity contribution >= 4 is 0 Å². The summed E-state index contributed by atoms with van der Waals surface area (Å²) in [5.74, 6) is 0.557. The van der Waals surface area contributed by atoms with Crippen LogP contribution < -0.4 is 5.32 Å². The molecule has 114 valence electrons. The Bertz CT molecular complexity index is 251. The van der Waals surface area contributed by atoms with Crippen LogP contribution in [0.25, 0.3) is 0 Å². The molecule has 0 saturated heterocycles. The summed E-state index contributed by atoms with van der Waals surface area (Å²) in [5, 5.41) is 3.40. The van der Waals surface area contributed by atoms with Gasteiger partial charge in [0.1, 0.15) is 0 Å². The van der Waals surface area contributed by atoms with Gasteiger partial charge >= 0.3 is 6.18 Å². The zero-order chi connectivity index (χ0) is 14.5. The smallest absolute Gasteiger partial charge is 0.314 e. The van der Waals surface area contributed by atoms with Gasteiger partial charge in [0.2, 0.25) is 0 Å². The number of hydrogen-bond acceptors (Lipinski definition) is 1. The topological polar surface area (TPSA) is 12.0 Å². The second-order valence-corrected chi connectivity index (χ2v) is 6.67. The van der Waals surface area contributed by atoms with Crippen molar-refractivity contribution in [2.75, 3.05) is 6.54 Å². The molecular weight excluding hydrogens is 251 g/mol. The minimum atomic E-state index is -4.01. The highest BCUT2D eigenvalue weighted by atomic mass is 19.4. The molecular formula is C15H28F3N. The second kappa shape index (κ2) is 6.96. The van der Waals surface area contributed by atoms with Gasteiger partial charge in [-0.25, -0.2) is 0 Å². The quantitative estimate of drug-likeness (QED) is 0.728. The van der Waals surface area contributed by atoms with Crippen LogP contribution in [0.5, 0.6) is 0 Å². The highest BCUT2D eigenvalue weighted by Gasteiger charge is 2.32. The second-order valence-electron chi connectivity index (χ2n) is 6.67. The van der Waals surface area contributed by atoms with Crippen LogP contribution in [-0.2, 0) is 0 Å². The molecule has 1 saturated carbocycles. The van der Waals surface area contributed by atoms with Crippen LogP contribution in [0, 0.1) is 11.3 Å². The van der Waals surface area contributed by atoms with Crippen LogP contribution in [0.15, 0.2) is 0 Å². The van der Waals surface area contributed by atoms with E-state index in [-0.39, 0.29) is 12.5 Å². The Hall–Kier alpha value is -0.250. The molecule has 4 heteroatoms. The summed E-state index contributed by atoms with van der Waals surface area (Å²) in [5.41, 5.74) is 0.416. The van der Waals surface area contributed by atoms with Crippen molar-refractivity contribution in [2.45, 2.75) is 77.9 Å². The van der Waals surface area contributed by atoms with E-state index < -0.39 is 12.6 Å². The molecule has 1 unspecified atom stereocenters. The molecule has 0 amide bonds. The van der Waals surface area contributed by atoms with Gasteiger partial charge in [-0.2, -0.15) is 13.2 Å². The molecule has 1 N–H and O–H groups in total. The lowest BCUT2D eigenvalue weighted by Crippen LogP contribution is -2.39. The predicted octanol–water partition coefficient (Wildman–Crippen LogP) is 4.91. The minimum absolute atomic E-state index is 0.251. The Morgan fingerprint density at radius 2 is 1.79 bits per heavy atom. The van der Waals surface area contributed by atoms with Gasteiger partial charge in [-0.05, 0) is 56.4 Å². The van der Waals surface area contributed by atoms with E-state index in [1.54, 1.807) is 0 Å². The summed E-state index contributed by atoms with van der Waals surface area (Å²) < 4.78 is 36.6. The van der Waals surface area contributed by atoms with Gasteiger partial charge < -0.3 is 5.32 Å². The van der Waals surface area contributed by atoms with Gasteiger partial charge in [0, 0.05) is 12.5 Å². The zero-order valence-corrected chi connectivity index (χ0v) is 12.4. The predicted molar refractivity (Wildman–Crippen MR) is 73.1 cm³/mol. The van der Waals surface area contributed by atoms with Gasteiger partial charge in [0.25, 0.3) is 0 Å². The lowest BCUT2D eigenvalue weighted by Gasteiger charge is -2.38. The normalized spacial score (nSPS) is 22.4. The highest BCUT2D eigenvalue weighted by molar-refractivity contribution is 4.85. The first-order valence-electron chi connectivity index (χ1n) is 7.54. The Balaban J connectivity index is 2.40. The van der Waals surface area contributed by atoms with Crippen molar-refractivity contribution in [3.05, 3.63) is 0 Å². The standard InChI is InChI=1S/C15H28F3N/c1-4-19-13(6-5-9-15(16,17)18)12-7-10-14(2,3)11-8-12/h12-13,19H,4-11H2,1-3H3. The Morgan fingerprint density at radius 3 is 2.26 bits per heavy atom. The van der Waals surface area contributed by atoms with Crippen LogP contribution >= 0.6 is 0 Å². The van der Waals surface area contributed by atoms with E-state index in [1.807, 2.05) is 6.92 Å². The van der Waals surface area contributed by atoms with Gasteiger partial charge in [0.05, 0.1) is 0 Å². The van der Waals surface area contributed by atoms with E-state index >= 15 is 0 Å². The summed E-state index contributed by atoms with van der Waals surface area (Å²) in [6, 6.07) is 0.267. The maximum Gasteiger partial charge on any atom is 0.389 e. The van der Waals surface area contributed by atoms with Crippen molar-refractivity contribution in [3.63, 3.8) is 0 Å². The summed E-state index contributed by atoms with van der Waals surface area (Å²) in [6.45, 7) is 7.45. The van der Waals surface area contributed by atoms with Gasteiger partial charge in [0.15, 0.2) is 0 Å². The molecule has 0 bridgehead atoms. The molecule has 0 aromatic heterocycles. The molecule has 0 aliphatic heterocycles. The maximum atomic E-state index is 12.2. The van der Waals surface area contributed by atoms with E-state index in [4.69, 9.17) is 0 Å². The molecule has 1 aliphatic rings. The molecule has 0 radical (unpaired) electrons. The zero-order valence-electron chi connectivity index (χ0n) is 12.4. The first-order valence-corrected chi connectivity index (χ1v) is 7.54. The molecule has 1 aliphatic carbocycles. The van der Waals surface area contributed by atoms with Crippen molar-refractivity contribution in [3.8, 4) is 0 Å². The summed E-state index contributed by atoms with van der Waals surface area (Å²) >= 11 is 0. The number of hydrogen-bond donors (Lipinski definition) is 1. The third kappa shape index (κ3) is 6.64. The lowest BCUT2D eigenvalue weighted by molar-refractivity contribution is -0.136. The third-order valence-corrected chi connectivity index (χ3v) is 4.39. The molecule has 0 spiro atoms.